The van der Waals surface area contributed by atoms with Crippen LogP contribution >= 0.6 is 11.6 Å². The predicted octanol–water partition coefficient (Wildman–Crippen LogP) is 3.61. The topological polar surface area (TPSA) is 64.3 Å². The quantitative estimate of drug-likeness (QED) is 0.620. The number of rotatable bonds is 6. The lowest BCUT2D eigenvalue weighted by molar-refractivity contribution is -0.214. The van der Waals surface area contributed by atoms with Gasteiger partial charge in [-0.2, -0.15) is 13.2 Å². The average molecular weight is 325 g/mol. The van der Waals surface area contributed by atoms with Crippen molar-refractivity contribution in [3.8, 4) is 0 Å². The summed E-state index contributed by atoms with van der Waals surface area (Å²) in [6, 6.07) is 4.63. The second-order valence-corrected chi connectivity index (χ2v) is 4.87. The van der Waals surface area contributed by atoms with Gasteiger partial charge in [0.25, 0.3) is 0 Å². The molecule has 0 saturated heterocycles. The summed E-state index contributed by atoms with van der Waals surface area (Å²) in [7, 11) is 0. The van der Waals surface area contributed by atoms with Crippen LogP contribution in [0.5, 0.6) is 0 Å². The molecule has 0 aliphatic carbocycles. The van der Waals surface area contributed by atoms with Gasteiger partial charge in [0, 0.05) is 18.1 Å². The lowest BCUT2D eigenvalue weighted by Gasteiger charge is -2.16. The summed E-state index contributed by atoms with van der Waals surface area (Å²) in [5, 5.41) is 2.96. The van der Waals surface area contributed by atoms with E-state index in [-0.39, 0.29) is 25.4 Å². The van der Waals surface area contributed by atoms with Crippen LogP contribution in [0.1, 0.15) is 19.8 Å². The van der Waals surface area contributed by atoms with Crippen molar-refractivity contribution in [2.75, 3.05) is 17.7 Å². The third-order valence-corrected chi connectivity index (χ3v) is 2.90. The molecule has 1 aromatic rings. The number of ether oxygens (including phenoxy) is 1. The summed E-state index contributed by atoms with van der Waals surface area (Å²) in [4.78, 5) is 11.6. The van der Waals surface area contributed by atoms with Crippen molar-refractivity contribution >= 4 is 28.9 Å². The van der Waals surface area contributed by atoms with Gasteiger partial charge in [-0.25, -0.2) is 0 Å². The smallest absolute Gasteiger partial charge is 0.397 e. The van der Waals surface area contributed by atoms with Crippen LogP contribution in [0.25, 0.3) is 0 Å². The van der Waals surface area contributed by atoms with Crippen LogP contribution in [0.4, 0.5) is 24.5 Å². The minimum Gasteiger partial charge on any atom is -0.397 e. The summed E-state index contributed by atoms with van der Waals surface area (Å²) in [6.45, 7) is 0.770. The van der Waals surface area contributed by atoms with Crippen LogP contribution in [-0.4, -0.2) is 24.8 Å². The molecule has 1 amide bonds. The van der Waals surface area contributed by atoms with E-state index in [1.54, 1.807) is 12.1 Å². The monoisotopic (exact) mass is 324 g/mol. The lowest BCUT2D eigenvalue weighted by atomic mass is 10.2. The molecule has 1 rings (SSSR count). The molecule has 4 nitrogen and oxygen atoms in total. The summed E-state index contributed by atoms with van der Waals surface area (Å²) in [6.07, 6.45) is -6.04. The van der Waals surface area contributed by atoms with Crippen LogP contribution in [0.3, 0.4) is 0 Å². The number of hydrogen-bond donors (Lipinski definition) is 2. The third-order valence-electron chi connectivity index (χ3n) is 2.67. The Morgan fingerprint density at radius 3 is 2.76 bits per heavy atom. The highest BCUT2D eigenvalue weighted by Gasteiger charge is 2.36. The van der Waals surface area contributed by atoms with Gasteiger partial charge in [-0.1, -0.05) is 11.6 Å². The fourth-order valence-corrected chi connectivity index (χ4v) is 1.61. The van der Waals surface area contributed by atoms with Crippen LogP contribution in [0.2, 0.25) is 5.02 Å². The fraction of sp³-hybridized carbons (Fsp3) is 0.462. The summed E-state index contributed by atoms with van der Waals surface area (Å²) >= 11 is 5.77. The van der Waals surface area contributed by atoms with Crippen molar-refractivity contribution in [3.05, 3.63) is 23.2 Å². The van der Waals surface area contributed by atoms with E-state index >= 15 is 0 Å². The van der Waals surface area contributed by atoms with Crippen LogP contribution in [-0.2, 0) is 9.53 Å². The summed E-state index contributed by atoms with van der Waals surface area (Å²) in [5.74, 6) is -0.368. The number of benzene rings is 1. The van der Waals surface area contributed by atoms with Gasteiger partial charge >= 0.3 is 6.18 Å². The summed E-state index contributed by atoms with van der Waals surface area (Å²) < 4.78 is 41.1. The second-order valence-electron chi connectivity index (χ2n) is 4.44. The lowest BCUT2D eigenvalue weighted by Crippen LogP contribution is -2.29. The van der Waals surface area contributed by atoms with Gasteiger partial charge in [0.05, 0.1) is 11.4 Å². The molecule has 1 aromatic carbocycles. The number of carbonyl (C=O) groups is 1. The van der Waals surface area contributed by atoms with Crippen molar-refractivity contribution in [3.63, 3.8) is 0 Å². The molecule has 0 fully saturated rings. The van der Waals surface area contributed by atoms with Gasteiger partial charge in [-0.15, -0.1) is 0 Å². The van der Waals surface area contributed by atoms with Gasteiger partial charge in [-0.3, -0.25) is 4.79 Å². The number of carbonyl (C=O) groups excluding carboxylic acids is 1. The SMILES string of the molecule is CC(OCCCC(=O)Nc1cc(Cl)ccc1N)C(F)(F)F. The molecule has 0 aromatic heterocycles. The van der Waals surface area contributed by atoms with Crippen LogP contribution < -0.4 is 11.1 Å². The average Bonchev–Trinajstić information content (AvgIpc) is 2.37. The first-order valence-corrected chi connectivity index (χ1v) is 6.61. The molecule has 0 aliphatic rings. The van der Waals surface area contributed by atoms with Gasteiger partial charge in [0.2, 0.25) is 5.91 Å². The molecular weight excluding hydrogens is 309 g/mol. The molecule has 3 N–H and O–H groups in total. The van der Waals surface area contributed by atoms with Gasteiger partial charge in [-0.05, 0) is 31.5 Å². The van der Waals surface area contributed by atoms with Crippen molar-refractivity contribution in [2.45, 2.75) is 32.0 Å². The molecule has 1 unspecified atom stereocenters. The van der Waals surface area contributed by atoms with E-state index in [0.29, 0.717) is 16.4 Å². The molecule has 0 radical (unpaired) electrons. The first kappa shape index (κ1) is 17.6. The maximum atomic E-state index is 12.2. The number of nitrogens with two attached hydrogens (primary N) is 1. The highest BCUT2D eigenvalue weighted by atomic mass is 35.5. The van der Waals surface area contributed by atoms with E-state index in [9.17, 15) is 18.0 Å². The zero-order chi connectivity index (χ0) is 16.0. The molecule has 118 valence electrons. The maximum absolute atomic E-state index is 12.2. The molecule has 0 spiro atoms. The number of anilines is 2. The van der Waals surface area contributed by atoms with Gasteiger partial charge < -0.3 is 15.8 Å². The molecule has 0 bridgehead atoms. The molecular formula is C13H16ClF3N2O2. The minimum atomic E-state index is -4.39. The number of halogens is 4. The first-order chi connectivity index (χ1) is 9.70. The summed E-state index contributed by atoms with van der Waals surface area (Å²) in [5.41, 5.74) is 6.39. The number of nitrogens with one attached hydrogen (secondary N) is 1. The van der Waals surface area contributed by atoms with Crippen molar-refractivity contribution in [1.29, 1.82) is 0 Å². The Morgan fingerprint density at radius 2 is 2.14 bits per heavy atom. The highest BCUT2D eigenvalue weighted by Crippen LogP contribution is 2.24. The van der Waals surface area contributed by atoms with Crippen molar-refractivity contribution in [1.82, 2.24) is 0 Å². The van der Waals surface area contributed by atoms with E-state index in [2.05, 4.69) is 10.1 Å². The molecule has 21 heavy (non-hydrogen) atoms. The zero-order valence-electron chi connectivity index (χ0n) is 11.3. The normalized spacial score (nSPS) is 13.0. The number of alkyl halides is 3. The fourth-order valence-electron chi connectivity index (χ4n) is 1.44. The Morgan fingerprint density at radius 1 is 1.48 bits per heavy atom. The molecule has 0 aliphatic heterocycles. The van der Waals surface area contributed by atoms with Gasteiger partial charge in [0.1, 0.15) is 0 Å². The minimum absolute atomic E-state index is 0.0243. The number of hydrogen-bond acceptors (Lipinski definition) is 3. The van der Waals surface area contributed by atoms with E-state index in [4.69, 9.17) is 17.3 Å². The van der Waals surface area contributed by atoms with Crippen molar-refractivity contribution in [2.24, 2.45) is 0 Å². The van der Waals surface area contributed by atoms with Crippen molar-refractivity contribution < 1.29 is 22.7 Å². The predicted molar refractivity (Wildman–Crippen MR) is 75.2 cm³/mol. The molecule has 1 atom stereocenters. The Hall–Kier alpha value is -1.47. The molecule has 8 heteroatoms. The molecule has 0 heterocycles. The van der Waals surface area contributed by atoms with E-state index in [1.807, 2.05) is 0 Å². The van der Waals surface area contributed by atoms with Gasteiger partial charge in [0.15, 0.2) is 6.10 Å². The second kappa shape index (κ2) is 7.51. The van der Waals surface area contributed by atoms with E-state index in [0.717, 1.165) is 6.92 Å². The first-order valence-electron chi connectivity index (χ1n) is 6.23. The molecule has 0 saturated carbocycles. The Balaban J connectivity index is 2.33. The van der Waals surface area contributed by atoms with Crippen LogP contribution in [0.15, 0.2) is 18.2 Å². The Labute approximate surface area is 125 Å². The third kappa shape index (κ3) is 6.22. The number of amides is 1. The highest BCUT2D eigenvalue weighted by molar-refractivity contribution is 6.31. The largest absolute Gasteiger partial charge is 0.414 e. The maximum Gasteiger partial charge on any atom is 0.414 e. The number of nitrogen functional groups attached to an aromatic ring is 1. The Kier molecular flexibility index (Phi) is 6.29. The van der Waals surface area contributed by atoms with E-state index in [1.165, 1.54) is 6.07 Å². The Bertz CT molecular complexity index is 495. The zero-order valence-corrected chi connectivity index (χ0v) is 12.1. The van der Waals surface area contributed by atoms with E-state index < -0.39 is 12.3 Å². The van der Waals surface area contributed by atoms with Crippen LogP contribution in [0, 0.1) is 0 Å². The standard InChI is InChI=1S/C13H16ClF3N2O2/c1-8(13(15,16)17)21-6-2-3-12(20)19-11-7-9(14)4-5-10(11)18/h4-5,7-8H,2-3,6,18H2,1H3,(H,19,20).